The highest BCUT2D eigenvalue weighted by molar-refractivity contribution is 5.90. The lowest BCUT2D eigenvalue weighted by Crippen LogP contribution is -3.11. The van der Waals surface area contributed by atoms with Crippen LogP contribution in [0.15, 0.2) is 23.3 Å². The Labute approximate surface area is 369 Å². The topological polar surface area (TPSA) is 89.5 Å². The molecular weight excluding hydrogens is 1200 g/mol. The largest absolute Gasteiger partial charge is 0.496 e. The standard InChI is InChI=1S/C26F40O8/c27-3(28)1(7(31,32)33)5(67)69-19(51,52)21(55,56)73-25(63,64)23(59,60)71-11-14(41,42)9(37)13(39,40)10(38,15(11,43)44)17(47,48)12(16(9,45)46,18(11,49)50)72-24(61,62)26(65,66)74-22(57,58)20(53,54)70-6(68)2(4(29)30)8(34,35)36. The molecule has 4 aliphatic rings. The van der Waals surface area contributed by atoms with Crippen molar-refractivity contribution in [1.29, 1.82) is 0 Å². The van der Waals surface area contributed by atoms with Gasteiger partial charge in [0.2, 0.25) is 11.1 Å². The van der Waals surface area contributed by atoms with Gasteiger partial charge in [-0.1, -0.05) is 0 Å². The molecule has 0 saturated heterocycles. The van der Waals surface area contributed by atoms with Crippen molar-refractivity contribution < 1.29 is 214 Å². The quantitative estimate of drug-likeness (QED) is 0.0858. The van der Waals surface area contributed by atoms with Crippen LogP contribution in [0.3, 0.4) is 0 Å². The van der Waals surface area contributed by atoms with Crippen molar-refractivity contribution in [2.75, 3.05) is 0 Å². The van der Waals surface area contributed by atoms with Crippen LogP contribution in [-0.2, 0) is 38.0 Å². The smallest absolute Gasteiger partial charge is 0.390 e. The number of hydrogen-bond acceptors (Lipinski definition) is 8. The molecule has 48 heteroatoms. The van der Waals surface area contributed by atoms with Crippen molar-refractivity contribution in [2.24, 2.45) is 0 Å². The van der Waals surface area contributed by atoms with Gasteiger partial charge in [0, 0.05) is 0 Å². The maximum atomic E-state index is 16.1. The third-order valence-corrected chi connectivity index (χ3v) is 9.47. The average Bonchev–Trinajstić information content (AvgIpc) is 3.09. The minimum Gasteiger partial charge on any atom is -0.390 e. The molecular formula is C26F40O8. The summed E-state index contributed by atoms with van der Waals surface area (Å²) in [5.41, 5.74) is -48.5. The van der Waals surface area contributed by atoms with Gasteiger partial charge in [0.15, 0.2) is 0 Å². The fourth-order valence-corrected chi connectivity index (χ4v) is 6.32. The van der Waals surface area contributed by atoms with E-state index in [4.69, 9.17) is 0 Å². The molecule has 8 nitrogen and oxygen atoms in total. The van der Waals surface area contributed by atoms with Gasteiger partial charge in [0.05, 0.1) is 0 Å². The highest BCUT2D eigenvalue weighted by atomic mass is 19.4. The molecule has 0 aromatic rings. The highest BCUT2D eigenvalue weighted by Crippen LogP contribution is 2.89. The Morgan fingerprint density at radius 1 is 0.284 bits per heavy atom. The Bertz CT molecular complexity index is 2140. The van der Waals surface area contributed by atoms with E-state index in [-0.39, 0.29) is 0 Å². The summed E-state index contributed by atoms with van der Waals surface area (Å²) < 4.78 is 580. The van der Waals surface area contributed by atoms with Gasteiger partial charge in [0.25, 0.3) is 23.4 Å². The number of alkyl halides is 36. The van der Waals surface area contributed by atoms with Crippen LogP contribution in [-0.4, -0.2) is 131 Å². The lowest BCUT2D eigenvalue weighted by Gasteiger charge is -2.76. The van der Waals surface area contributed by atoms with Gasteiger partial charge in [-0.05, 0) is 0 Å². The van der Waals surface area contributed by atoms with E-state index in [0.29, 0.717) is 0 Å². The van der Waals surface area contributed by atoms with Gasteiger partial charge >= 0.3 is 120 Å². The number of rotatable bonds is 16. The van der Waals surface area contributed by atoms with E-state index in [1.54, 1.807) is 9.47 Å². The SMILES string of the molecule is O=C(OC(F)(F)C(F)(F)OC(F)(F)C(F)(F)OC12C(F)(F)C3(F)C(F)(F)C(F)(C1(F)F)C(F)(F)C(OC(F)(F)C(F)(F)OC(F)(F)C(F)(F)OC(=O)C(=C(F)F)C(F)(F)F)(C3(F)F)C2(F)F)C(=C(F)F)C(F)(F)F. The summed E-state index contributed by atoms with van der Waals surface area (Å²) in [7, 11) is 0. The Morgan fingerprint density at radius 2 is 0.486 bits per heavy atom. The molecule has 0 amide bonds. The first-order valence-electron chi connectivity index (χ1n) is 15.9. The highest BCUT2D eigenvalue weighted by Gasteiger charge is 3.24. The molecule has 0 atom stereocenters. The maximum absolute atomic E-state index is 16.1. The molecule has 4 saturated carbocycles. The fraction of sp³-hybridized carbons (Fsp3) is 0.769. The number of ether oxygens (including phenoxy) is 6. The third kappa shape index (κ3) is 7.34. The minimum absolute atomic E-state index is 1.02. The zero-order valence-electron chi connectivity index (χ0n) is 31.4. The summed E-state index contributed by atoms with van der Waals surface area (Å²) in [6.45, 7) is 0. The second-order valence-electron chi connectivity index (χ2n) is 13.7. The minimum atomic E-state index is -10.2. The fourth-order valence-electron chi connectivity index (χ4n) is 6.32. The molecule has 0 heterocycles. The predicted molar refractivity (Wildman–Crippen MR) is 130 cm³/mol. The average molecular weight is 1200 g/mol. The van der Waals surface area contributed by atoms with Crippen molar-refractivity contribution in [2.45, 2.75) is 119 Å². The van der Waals surface area contributed by atoms with E-state index in [1.807, 2.05) is 0 Å². The number of esters is 2. The van der Waals surface area contributed by atoms with E-state index >= 15 is 61.5 Å². The number of carbonyl (C=O) groups excluding carboxylic acids is 2. The Kier molecular flexibility index (Phi) is 13.8. The molecule has 0 radical (unpaired) electrons. The monoisotopic (exact) mass is 1200 g/mol. The van der Waals surface area contributed by atoms with Crippen LogP contribution in [0.25, 0.3) is 0 Å². The number of halogens is 40. The first kappa shape index (κ1) is 63.8. The molecule has 0 aromatic carbocycles. The van der Waals surface area contributed by atoms with Crippen molar-refractivity contribution in [3.8, 4) is 0 Å². The number of hydrogen-bond donors (Lipinski definition) is 0. The molecule has 0 aromatic heterocycles. The van der Waals surface area contributed by atoms with Gasteiger partial charge in [-0.25, -0.2) is 27.8 Å². The van der Waals surface area contributed by atoms with E-state index < -0.39 is 155 Å². The zero-order valence-corrected chi connectivity index (χ0v) is 31.4. The lowest BCUT2D eigenvalue weighted by molar-refractivity contribution is -0.663. The molecule has 0 N–H and O–H groups in total. The van der Waals surface area contributed by atoms with Crippen LogP contribution < -0.4 is 0 Å². The summed E-state index contributed by atoms with van der Waals surface area (Å²) >= 11 is 0. The molecule has 0 spiro atoms. The Balaban J connectivity index is 2.43. The molecule has 0 aliphatic heterocycles. The number of carbonyl (C=O) groups is 2. The first-order valence-corrected chi connectivity index (χ1v) is 15.9. The molecule has 0 unspecified atom stereocenters. The lowest BCUT2D eigenvalue weighted by atomic mass is 9.39. The van der Waals surface area contributed by atoms with Crippen molar-refractivity contribution in [3.05, 3.63) is 23.3 Å². The van der Waals surface area contributed by atoms with Gasteiger partial charge in [-0.3, -0.25) is 9.47 Å². The van der Waals surface area contributed by atoms with E-state index in [2.05, 4.69) is 0 Å². The summed E-state index contributed by atoms with van der Waals surface area (Å²) in [5.74, 6) is -68.5. The molecule has 4 bridgehead atoms. The second-order valence-corrected chi connectivity index (χ2v) is 13.7. The Morgan fingerprint density at radius 3 is 0.676 bits per heavy atom. The summed E-state index contributed by atoms with van der Waals surface area (Å²) in [4.78, 5) is 22.1. The Hall–Kier alpha value is -4.54. The van der Waals surface area contributed by atoms with Crippen molar-refractivity contribution in [1.82, 2.24) is 0 Å². The molecule has 4 aliphatic carbocycles. The predicted octanol–water partition coefficient (Wildman–Crippen LogP) is 12.1. The molecule has 74 heavy (non-hydrogen) atoms. The van der Waals surface area contributed by atoms with Crippen LogP contribution in [0.5, 0.6) is 0 Å². The van der Waals surface area contributed by atoms with Crippen LogP contribution >= 0.6 is 0 Å². The first-order chi connectivity index (χ1) is 31.7. The van der Waals surface area contributed by atoms with Gasteiger partial charge < -0.3 is 9.47 Å². The van der Waals surface area contributed by atoms with Crippen LogP contribution in [0.1, 0.15) is 0 Å². The maximum Gasteiger partial charge on any atom is 0.496 e. The summed E-state index contributed by atoms with van der Waals surface area (Å²) in [6.07, 6.45) is -94.7. The van der Waals surface area contributed by atoms with Crippen LogP contribution in [0, 0.1) is 0 Å². The normalized spacial score (nSPS) is 28.6. The third-order valence-electron chi connectivity index (χ3n) is 9.47. The summed E-state index contributed by atoms with van der Waals surface area (Å²) in [6, 6.07) is 0. The summed E-state index contributed by atoms with van der Waals surface area (Å²) in [5, 5.41) is 0. The van der Waals surface area contributed by atoms with Gasteiger partial charge in [-0.2, -0.15) is 167 Å². The van der Waals surface area contributed by atoms with Crippen LogP contribution in [0.2, 0.25) is 0 Å². The van der Waals surface area contributed by atoms with Crippen LogP contribution in [0.4, 0.5) is 176 Å². The van der Waals surface area contributed by atoms with Gasteiger partial charge in [-0.15, -0.1) is 0 Å². The van der Waals surface area contributed by atoms with E-state index in [0.717, 1.165) is 18.9 Å². The molecule has 432 valence electrons. The van der Waals surface area contributed by atoms with E-state index in [9.17, 15) is 124 Å². The second kappa shape index (κ2) is 16.0. The molecule has 4 rings (SSSR count). The van der Waals surface area contributed by atoms with Gasteiger partial charge in [0.1, 0.15) is 0 Å². The molecule has 4 fully saturated rings. The van der Waals surface area contributed by atoms with Crippen molar-refractivity contribution >= 4 is 11.9 Å². The van der Waals surface area contributed by atoms with Crippen molar-refractivity contribution in [3.63, 3.8) is 0 Å². The van der Waals surface area contributed by atoms with E-state index in [1.165, 1.54) is 0 Å². The zero-order chi connectivity index (χ0) is 59.7.